The van der Waals surface area contributed by atoms with Gasteiger partial charge >= 0.3 is 0 Å². The maximum absolute atomic E-state index is 11.5. The number of hydrogen-bond acceptors (Lipinski definition) is 6. The summed E-state index contributed by atoms with van der Waals surface area (Å²) in [4.78, 5) is 16.0. The molecule has 2 rings (SSSR count). The average molecular weight is 297 g/mol. The van der Waals surface area contributed by atoms with Gasteiger partial charge in [0.15, 0.2) is 4.34 Å². The van der Waals surface area contributed by atoms with E-state index in [0.717, 1.165) is 20.2 Å². The van der Waals surface area contributed by atoms with E-state index in [1.165, 1.54) is 11.8 Å². The second-order valence-electron chi connectivity index (χ2n) is 3.84. The molecule has 5 nitrogen and oxygen atoms in total. The van der Waals surface area contributed by atoms with Crippen LogP contribution in [0.2, 0.25) is 0 Å². The van der Waals surface area contributed by atoms with Gasteiger partial charge < -0.3 is 15.8 Å². The third-order valence-corrected chi connectivity index (χ3v) is 4.51. The summed E-state index contributed by atoms with van der Waals surface area (Å²) in [5.74, 6) is 0.347. The molecule has 0 aliphatic carbocycles. The van der Waals surface area contributed by atoms with Gasteiger partial charge in [0.2, 0.25) is 5.91 Å². The van der Waals surface area contributed by atoms with Crippen molar-refractivity contribution in [2.45, 2.75) is 4.34 Å². The maximum atomic E-state index is 11.5. The first-order chi connectivity index (χ1) is 9.19. The second kappa shape index (κ2) is 6.74. The molecule has 7 heteroatoms. The van der Waals surface area contributed by atoms with Crippen LogP contribution in [0.3, 0.4) is 0 Å². The molecular formula is C12H15N3O2S2. The van der Waals surface area contributed by atoms with E-state index in [2.05, 4.69) is 10.3 Å². The van der Waals surface area contributed by atoms with E-state index in [1.54, 1.807) is 18.4 Å². The molecule has 0 bridgehead atoms. The topological polar surface area (TPSA) is 77.2 Å². The Morgan fingerprint density at radius 2 is 2.42 bits per heavy atom. The fourth-order valence-corrected chi connectivity index (χ4v) is 3.40. The number of rotatable bonds is 6. The number of fused-ring (bicyclic) bond motifs is 1. The first-order valence-electron chi connectivity index (χ1n) is 5.73. The zero-order valence-electron chi connectivity index (χ0n) is 10.5. The first kappa shape index (κ1) is 14.1. The molecule has 0 aliphatic rings. The van der Waals surface area contributed by atoms with Crippen molar-refractivity contribution in [3.8, 4) is 0 Å². The molecule has 0 aliphatic heterocycles. The summed E-state index contributed by atoms with van der Waals surface area (Å²) in [6, 6.07) is 5.62. The van der Waals surface area contributed by atoms with Gasteiger partial charge in [-0.2, -0.15) is 0 Å². The highest BCUT2D eigenvalue weighted by molar-refractivity contribution is 8.01. The summed E-state index contributed by atoms with van der Waals surface area (Å²) in [6.45, 7) is 1.06. The predicted octanol–water partition coefficient (Wildman–Crippen LogP) is 1.73. The lowest BCUT2D eigenvalue weighted by molar-refractivity contribution is -0.118. The smallest absolute Gasteiger partial charge is 0.230 e. The number of thiazole rings is 1. The molecule has 1 aromatic heterocycles. The molecule has 0 saturated carbocycles. The van der Waals surface area contributed by atoms with E-state index in [9.17, 15) is 4.79 Å². The normalized spacial score (nSPS) is 10.8. The number of amides is 1. The lowest BCUT2D eigenvalue weighted by Crippen LogP contribution is -2.28. The minimum absolute atomic E-state index is 0.0131. The van der Waals surface area contributed by atoms with Crippen molar-refractivity contribution in [3.05, 3.63) is 18.2 Å². The van der Waals surface area contributed by atoms with Gasteiger partial charge in [0, 0.05) is 19.3 Å². The second-order valence-corrected chi connectivity index (χ2v) is 6.09. The Kier molecular flexibility index (Phi) is 5.00. The van der Waals surface area contributed by atoms with Crippen LogP contribution in [0.1, 0.15) is 0 Å². The summed E-state index contributed by atoms with van der Waals surface area (Å²) in [7, 11) is 1.60. The highest BCUT2D eigenvalue weighted by Gasteiger charge is 2.07. The van der Waals surface area contributed by atoms with E-state index in [0.29, 0.717) is 18.9 Å². The SMILES string of the molecule is COCCNC(=O)CSc1nc2ccc(N)cc2s1. The number of aromatic nitrogens is 1. The number of methoxy groups -OCH3 is 1. The quantitative estimate of drug-likeness (QED) is 0.482. The minimum Gasteiger partial charge on any atom is -0.399 e. The van der Waals surface area contributed by atoms with Gasteiger partial charge in [-0.25, -0.2) is 4.98 Å². The zero-order valence-corrected chi connectivity index (χ0v) is 12.1. The number of carbonyl (C=O) groups excluding carboxylic acids is 1. The van der Waals surface area contributed by atoms with Crippen molar-refractivity contribution in [2.24, 2.45) is 0 Å². The highest BCUT2D eigenvalue weighted by atomic mass is 32.2. The van der Waals surface area contributed by atoms with Crippen LogP contribution in [-0.4, -0.2) is 36.9 Å². The van der Waals surface area contributed by atoms with Crippen LogP contribution in [0.5, 0.6) is 0 Å². The molecule has 0 spiro atoms. The van der Waals surface area contributed by atoms with Gasteiger partial charge in [-0.05, 0) is 18.2 Å². The van der Waals surface area contributed by atoms with Gasteiger partial charge in [0.25, 0.3) is 0 Å². The number of benzene rings is 1. The maximum Gasteiger partial charge on any atom is 0.230 e. The molecule has 0 fully saturated rings. The number of thioether (sulfide) groups is 1. The van der Waals surface area contributed by atoms with Crippen LogP contribution in [0.25, 0.3) is 10.2 Å². The molecule has 19 heavy (non-hydrogen) atoms. The van der Waals surface area contributed by atoms with Gasteiger partial charge in [0.1, 0.15) is 0 Å². The van der Waals surface area contributed by atoms with E-state index in [1.807, 2.05) is 18.2 Å². The lowest BCUT2D eigenvalue weighted by atomic mass is 10.3. The molecule has 0 radical (unpaired) electrons. The van der Waals surface area contributed by atoms with E-state index in [4.69, 9.17) is 10.5 Å². The van der Waals surface area contributed by atoms with Crippen LogP contribution < -0.4 is 11.1 Å². The molecule has 0 atom stereocenters. The van der Waals surface area contributed by atoms with Crippen LogP contribution in [-0.2, 0) is 9.53 Å². The van der Waals surface area contributed by atoms with Crippen molar-refractivity contribution in [3.63, 3.8) is 0 Å². The fourth-order valence-electron chi connectivity index (χ4n) is 1.45. The van der Waals surface area contributed by atoms with Crippen LogP contribution in [0.4, 0.5) is 5.69 Å². The number of nitrogens with one attached hydrogen (secondary N) is 1. The van der Waals surface area contributed by atoms with Crippen LogP contribution >= 0.6 is 23.1 Å². The zero-order chi connectivity index (χ0) is 13.7. The Morgan fingerprint density at radius 1 is 1.58 bits per heavy atom. The monoisotopic (exact) mass is 297 g/mol. The molecule has 2 aromatic rings. The number of nitrogens with two attached hydrogens (primary N) is 1. The van der Waals surface area contributed by atoms with Gasteiger partial charge in [-0.1, -0.05) is 11.8 Å². The number of carbonyl (C=O) groups is 1. The van der Waals surface area contributed by atoms with Gasteiger partial charge in [-0.3, -0.25) is 4.79 Å². The number of hydrogen-bond donors (Lipinski definition) is 2. The lowest BCUT2D eigenvalue weighted by Gasteiger charge is -2.02. The number of nitrogens with zero attached hydrogens (tertiary/aromatic N) is 1. The molecule has 0 unspecified atom stereocenters. The molecule has 102 valence electrons. The fraction of sp³-hybridized carbons (Fsp3) is 0.333. The Bertz CT molecular complexity index is 571. The first-order valence-corrected chi connectivity index (χ1v) is 7.54. The molecule has 1 amide bonds. The number of ether oxygens (including phenoxy) is 1. The Labute approximate surface area is 119 Å². The Morgan fingerprint density at radius 3 is 3.21 bits per heavy atom. The summed E-state index contributed by atoms with van der Waals surface area (Å²) >= 11 is 2.98. The Balaban J connectivity index is 1.89. The minimum atomic E-state index is -0.0131. The number of nitrogen functional groups attached to an aromatic ring is 1. The Hall–Kier alpha value is -1.31. The predicted molar refractivity (Wildman–Crippen MR) is 79.6 cm³/mol. The largest absolute Gasteiger partial charge is 0.399 e. The van der Waals surface area contributed by atoms with Crippen molar-refractivity contribution in [1.29, 1.82) is 0 Å². The third kappa shape index (κ3) is 4.09. The van der Waals surface area contributed by atoms with Crippen molar-refractivity contribution in [2.75, 3.05) is 31.7 Å². The van der Waals surface area contributed by atoms with Crippen LogP contribution in [0.15, 0.2) is 22.5 Å². The third-order valence-electron chi connectivity index (χ3n) is 2.35. The van der Waals surface area contributed by atoms with Gasteiger partial charge in [0.05, 0.1) is 22.6 Å². The van der Waals surface area contributed by atoms with Gasteiger partial charge in [-0.15, -0.1) is 11.3 Å². The van der Waals surface area contributed by atoms with Crippen molar-refractivity contribution in [1.82, 2.24) is 10.3 Å². The summed E-state index contributed by atoms with van der Waals surface area (Å²) in [5.41, 5.74) is 7.36. The van der Waals surface area contributed by atoms with Crippen molar-refractivity contribution < 1.29 is 9.53 Å². The highest BCUT2D eigenvalue weighted by Crippen LogP contribution is 2.30. The summed E-state index contributed by atoms with van der Waals surface area (Å²) < 4.78 is 6.78. The molecule has 1 aromatic carbocycles. The molecular weight excluding hydrogens is 282 g/mol. The summed E-state index contributed by atoms with van der Waals surface area (Å²) in [5, 5.41) is 2.77. The molecule has 3 N–H and O–H groups in total. The van der Waals surface area contributed by atoms with Crippen LogP contribution in [0, 0.1) is 0 Å². The summed E-state index contributed by atoms with van der Waals surface area (Å²) in [6.07, 6.45) is 0. The molecule has 0 saturated heterocycles. The van der Waals surface area contributed by atoms with E-state index in [-0.39, 0.29) is 5.91 Å². The standard InChI is InChI=1S/C12H15N3O2S2/c1-17-5-4-14-11(16)7-18-12-15-9-3-2-8(13)6-10(9)19-12/h2-3,6H,4-5,7,13H2,1H3,(H,14,16). The molecule has 1 heterocycles. The van der Waals surface area contributed by atoms with Crippen molar-refractivity contribution >= 4 is 44.9 Å². The van der Waals surface area contributed by atoms with E-state index >= 15 is 0 Å². The average Bonchev–Trinajstić information content (AvgIpc) is 2.78. The van der Waals surface area contributed by atoms with E-state index < -0.39 is 0 Å². The number of anilines is 1.